The third-order valence-electron chi connectivity index (χ3n) is 3.12. The molecule has 0 atom stereocenters. The Morgan fingerprint density at radius 1 is 1.47 bits per heavy atom. The Morgan fingerprint density at radius 3 is 3.05 bits per heavy atom. The Labute approximate surface area is 116 Å². The van der Waals surface area contributed by atoms with Crippen molar-refractivity contribution in [3.63, 3.8) is 0 Å². The van der Waals surface area contributed by atoms with E-state index in [2.05, 4.69) is 14.7 Å². The van der Waals surface area contributed by atoms with Crippen molar-refractivity contribution >= 4 is 22.4 Å². The predicted molar refractivity (Wildman–Crippen MR) is 76.6 cm³/mol. The summed E-state index contributed by atoms with van der Waals surface area (Å²) in [5.41, 5.74) is 7.54. The molecule has 0 spiro atoms. The Hall–Kier alpha value is -1.82. The fraction of sp³-hybridized carbons (Fsp3) is 0.385. The summed E-state index contributed by atoms with van der Waals surface area (Å²) < 4.78 is 9.68. The minimum absolute atomic E-state index is 0.591. The van der Waals surface area contributed by atoms with Crippen LogP contribution in [0.15, 0.2) is 18.2 Å². The lowest BCUT2D eigenvalue weighted by atomic mass is 10.2. The molecule has 0 radical (unpaired) electrons. The van der Waals surface area contributed by atoms with Gasteiger partial charge in [0.25, 0.3) is 0 Å². The molecular formula is C13H16N4OS. The number of nitrogens with two attached hydrogens (primary N) is 1. The zero-order chi connectivity index (χ0) is 13.2. The highest BCUT2D eigenvalue weighted by atomic mass is 32.1. The van der Waals surface area contributed by atoms with Crippen molar-refractivity contribution in [3.05, 3.63) is 29.6 Å². The molecule has 1 aromatic carbocycles. The molecule has 0 bridgehead atoms. The lowest BCUT2D eigenvalue weighted by Crippen LogP contribution is -2.02. The highest BCUT2D eigenvalue weighted by molar-refractivity contribution is 7.09. The van der Waals surface area contributed by atoms with Crippen LogP contribution in [-0.2, 0) is 6.54 Å². The summed E-state index contributed by atoms with van der Waals surface area (Å²) in [6.07, 6.45) is 2.44. The van der Waals surface area contributed by atoms with E-state index < -0.39 is 0 Å². The maximum Gasteiger partial charge on any atom is 0.202 e. The molecule has 0 amide bonds. The van der Waals surface area contributed by atoms with Gasteiger partial charge in [0.05, 0.1) is 7.11 Å². The molecule has 1 aliphatic rings. The van der Waals surface area contributed by atoms with E-state index >= 15 is 0 Å². The van der Waals surface area contributed by atoms with E-state index in [9.17, 15) is 0 Å². The van der Waals surface area contributed by atoms with E-state index in [1.165, 1.54) is 24.4 Å². The summed E-state index contributed by atoms with van der Waals surface area (Å²) in [7, 11) is 1.66. The van der Waals surface area contributed by atoms with Gasteiger partial charge in [-0.05, 0) is 31.0 Å². The van der Waals surface area contributed by atoms with Crippen molar-refractivity contribution in [3.8, 4) is 5.75 Å². The molecule has 0 saturated heterocycles. The Balaban J connectivity index is 1.68. The summed E-state index contributed by atoms with van der Waals surface area (Å²) in [5.74, 6) is 2.40. The monoisotopic (exact) mass is 276 g/mol. The van der Waals surface area contributed by atoms with E-state index in [4.69, 9.17) is 10.5 Å². The number of methoxy groups -OCH3 is 1. The number of hydrogen-bond acceptors (Lipinski definition) is 6. The summed E-state index contributed by atoms with van der Waals surface area (Å²) >= 11 is 1.41. The van der Waals surface area contributed by atoms with Crippen LogP contribution in [0.2, 0.25) is 0 Å². The van der Waals surface area contributed by atoms with Crippen molar-refractivity contribution in [2.45, 2.75) is 25.3 Å². The number of rotatable bonds is 5. The molecule has 1 aromatic heterocycles. The van der Waals surface area contributed by atoms with Gasteiger partial charge in [-0.2, -0.15) is 4.37 Å². The third kappa shape index (κ3) is 2.78. The maximum absolute atomic E-state index is 5.79. The van der Waals surface area contributed by atoms with Gasteiger partial charge in [0.15, 0.2) is 0 Å². The second kappa shape index (κ2) is 5.05. The predicted octanol–water partition coefficient (Wildman–Crippen LogP) is 2.62. The number of anilines is 2. The van der Waals surface area contributed by atoms with Crippen molar-refractivity contribution in [1.29, 1.82) is 0 Å². The lowest BCUT2D eigenvalue weighted by Gasteiger charge is -2.09. The smallest absolute Gasteiger partial charge is 0.202 e. The number of nitrogen functional groups attached to an aromatic ring is 1. The summed E-state index contributed by atoms with van der Waals surface area (Å²) in [6, 6.07) is 5.62. The Bertz CT molecular complexity index is 580. The molecule has 2 aromatic rings. The number of nitrogens with one attached hydrogen (secondary N) is 1. The lowest BCUT2D eigenvalue weighted by molar-refractivity contribution is 0.410. The van der Waals surface area contributed by atoms with Gasteiger partial charge in [0.1, 0.15) is 11.6 Å². The summed E-state index contributed by atoms with van der Waals surface area (Å²) in [4.78, 5) is 4.49. The van der Waals surface area contributed by atoms with Crippen LogP contribution in [0.5, 0.6) is 5.75 Å². The average Bonchev–Trinajstić information content (AvgIpc) is 3.16. The van der Waals surface area contributed by atoms with Crippen LogP contribution in [0.25, 0.3) is 0 Å². The van der Waals surface area contributed by atoms with E-state index in [1.807, 2.05) is 18.2 Å². The highest BCUT2D eigenvalue weighted by Crippen LogP contribution is 2.39. The van der Waals surface area contributed by atoms with Gasteiger partial charge in [0.2, 0.25) is 5.13 Å². The zero-order valence-electron chi connectivity index (χ0n) is 10.7. The fourth-order valence-corrected chi connectivity index (χ4v) is 2.56. The summed E-state index contributed by atoms with van der Waals surface area (Å²) in [5, 5.41) is 4.13. The Kier molecular flexibility index (Phi) is 3.25. The van der Waals surface area contributed by atoms with Gasteiger partial charge < -0.3 is 15.8 Å². The second-order valence-corrected chi connectivity index (χ2v) is 5.41. The second-order valence-electron chi connectivity index (χ2n) is 4.66. The minimum Gasteiger partial charge on any atom is -0.496 e. The van der Waals surface area contributed by atoms with E-state index in [-0.39, 0.29) is 0 Å². The van der Waals surface area contributed by atoms with Gasteiger partial charge in [0, 0.05) is 35.2 Å². The van der Waals surface area contributed by atoms with Gasteiger partial charge in [-0.25, -0.2) is 4.98 Å². The van der Waals surface area contributed by atoms with Gasteiger partial charge in [-0.15, -0.1) is 0 Å². The van der Waals surface area contributed by atoms with Crippen molar-refractivity contribution in [1.82, 2.24) is 9.36 Å². The van der Waals surface area contributed by atoms with Crippen LogP contribution in [0.1, 0.15) is 30.1 Å². The number of aromatic nitrogens is 2. The molecule has 1 aliphatic carbocycles. The molecule has 3 N–H and O–H groups in total. The molecular weight excluding hydrogens is 260 g/mol. The first-order valence-corrected chi connectivity index (χ1v) is 7.03. The van der Waals surface area contributed by atoms with Crippen LogP contribution in [-0.4, -0.2) is 16.5 Å². The first kappa shape index (κ1) is 12.2. The third-order valence-corrected chi connectivity index (χ3v) is 3.81. The molecule has 100 valence electrons. The Morgan fingerprint density at radius 2 is 2.32 bits per heavy atom. The highest BCUT2D eigenvalue weighted by Gasteiger charge is 2.27. The van der Waals surface area contributed by atoms with Gasteiger partial charge in [-0.1, -0.05) is 0 Å². The molecule has 5 nitrogen and oxygen atoms in total. The van der Waals surface area contributed by atoms with Crippen molar-refractivity contribution < 1.29 is 4.74 Å². The van der Waals surface area contributed by atoms with Crippen LogP contribution in [0, 0.1) is 0 Å². The van der Waals surface area contributed by atoms with E-state index in [1.54, 1.807) is 7.11 Å². The quantitative estimate of drug-likeness (QED) is 0.821. The van der Waals surface area contributed by atoms with Gasteiger partial charge in [-0.3, -0.25) is 0 Å². The number of nitrogens with zero attached hydrogens (tertiary/aromatic N) is 2. The molecule has 3 rings (SSSR count). The summed E-state index contributed by atoms with van der Waals surface area (Å²) in [6.45, 7) is 0.632. The molecule has 1 heterocycles. The standard InChI is InChI=1S/C13H16N4OS/c1-18-11-5-4-10(14)6-9(11)7-15-13-16-12(17-19-13)8-2-3-8/h4-6,8H,2-3,7,14H2,1H3,(H,15,16,17). The van der Waals surface area contributed by atoms with Crippen molar-refractivity contribution in [2.75, 3.05) is 18.2 Å². The van der Waals surface area contributed by atoms with Crippen LogP contribution in [0.4, 0.5) is 10.8 Å². The van der Waals surface area contributed by atoms with Gasteiger partial charge >= 0.3 is 0 Å². The molecule has 1 saturated carbocycles. The number of hydrogen-bond donors (Lipinski definition) is 2. The molecule has 1 fully saturated rings. The van der Waals surface area contributed by atoms with Crippen molar-refractivity contribution in [2.24, 2.45) is 0 Å². The van der Waals surface area contributed by atoms with Crippen LogP contribution in [0.3, 0.4) is 0 Å². The number of ether oxygens (including phenoxy) is 1. The SMILES string of the molecule is COc1ccc(N)cc1CNc1nc(C2CC2)ns1. The minimum atomic E-state index is 0.591. The van der Waals surface area contributed by atoms with Crippen LogP contribution >= 0.6 is 11.5 Å². The van der Waals surface area contributed by atoms with E-state index in [0.29, 0.717) is 12.5 Å². The number of benzene rings is 1. The van der Waals surface area contributed by atoms with Crippen LogP contribution < -0.4 is 15.8 Å². The normalized spacial score (nSPS) is 14.4. The molecule has 19 heavy (non-hydrogen) atoms. The topological polar surface area (TPSA) is 73.1 Å². The fourth-order valence-electron chi connectivity index (χ4n) is 1.92. The molecule has 0 unspecified atom stereocenters. The first-order valence-electron chi connectivity index (χ1n) is 6.26. The molecule has 0 aliphatic heterocycles. The maximum atomic E-state index is 5.79. The van der Waals surface area contributed by atoms with E-state index in [0.717, 1.165) is 28.0 Å². The largest absolute Gasteiger partial charge is 0.496 e. The molecule has 6 heteroatoms. The average molecular weight is 276 g/mol. The first-order chi connectivity index (χ1) is 9.26. The zero-order valence-corrected chi connectivity index (χ0v) is 11.5.